The summed E-state index contributed by atoms with van der Waals surface area (Å²) in [4.78, 5) is 17.5. The van der Waals surface area contributed by atoms with Crippen LogP contribution in [0.1, 0.15) is 12.5 Å². The van der Waals surface area contributed by atoms with Crippen LogP contribution < -0.4 is 5.49 Å². The molecular weight excluding hydrogens is 414 g/mol. The summed E-state index contributed by atoms with van der Waals surface area (Å²) >= 11 is 2.81. The summed E-state index contributed by atoms with van der Waals surface area (Å²) in [5.41, 5.74) is 4.45. The summed E-state index contributed by atoms with van der Waals surface area (Å²) in [5.74, 6) is -0.142. The standard InChI is InChI=1S/C23H21N3O2S2/c1-3-28-19(27)14-30-23-25-22-20(21(24)26(23)17-7-5-4-6-8-17)18(13-29-22)16-11-9-15(2)10-12-16/h4-13,24H,3,14H2,1-2H3. The van der Waals surface area contributed by atoms with E-state index in [2.05, 4.69) is 36.6 Å². The molecular formula is C23H21N3O2S2. The van der Waals surface area contributed by atoms with Crippen molar-refractivity contribution in [2.24, 2.45) is 0 Å². The highest BCUT2D eigenvalue weighted by Gasteiger charge is 2.17. The van der Waals surface area contributed by atoms with E-state index in [1.807, 2.05) is 30.3 Å². The smallest absolute Gasteiger partial charge is 0.316 e. The van der Waals surface area contributed by atoms with Crippen LogP contribution in [0.25, 0.3) is 27.0 Å². The number of thiophene rings is 1. The number of esters is 1. The third-order valence-electron chi connectivity index (χ3n) is 4.62. The van der Waals surface area contributed by atoms with Gasteiger partial charge in [0.1, 0.15) is 10.3 Å². The number of carbonyl (C=O) groups excluding carboxylic acids is 1. The van der Waals surface area contributed by atoms with Crippen molar-refractivity contribution in [3.8, 4) is 16.8 Å². The molecule has 152 valence electrons. The van der Waals surface area contributed by atoms with Gasteiger partial charge < -0.3 is 4.74 Å². The fourth-order valence-corrected chi connectivity index (χ4v) is 5.01. The van der Waals surface area contributed by atoms with E-state index in [-0.39, 0.29) is 11.7 Å². The van der Waals surface area contributed by atoms with Crippen LogP contribution in [-0.2, 0) is 9.53 Å². The van der Waals surface area contributed by atoms with E-state index in [0.29, 0.717) is 17.3 Å². The maximum atomic E-state index is 11.9. The van der Waals surface area contributed by atoms with Gasteiger partial charge in [-0.1, -0.05) is 59.8 Å². The minimum absolute atomic E-state index is 0.148. The minimum atomic E-state index is -0.290. The fraction of sp³-hybridized carbons (Fsp3) is 0.174. The minimum Gasteiger partial charge on any atom is -0.465 e. The van der Waals surface area contributed by atoms with Crippen LogP contribution in [0.2, 0.25) is 0 Å². The zero-order chi connectivity index (χ0) is 21.1. The number of benzene rings is 2. The Morgan fingerprint density at radius 1 is 1.17 bits per heavy atom. The first-order chi connectivity index (χ1) is 14.6. The van der Waals surface area contributed by atoms with E-state index < -0.39 is 0 Å². The Balaban J connectivity index is 1.88. The molecule has 2 aromatic carbocycles. The van der Waals surface area contributed by atoms with Gasteiger partial charge in [-0.25, -0.2) is 4.98 Å². The van der Waals surface area contributed by atoms with Crippen LogP contribution in [-0.4, -0.2) is 27.9 Å². The summed E-state index contributed by atoms with van der Waals surface area (Å²) < 4.78 is 6.86. The molecule has 4 rings (SSSR count). The lowest BCUT2D eigenvalue weighted by Gasteiger charge is -2.14. The lowest BCUT2D eigenvalue weighted by molar-refractivity contribution is -0.139. The Hall–Kier alpha value is -2.90. The van der Waals surface area contributed by atoms with E-state index in [4.69, 9.17) is 15.1 Å². The SMILES string of the molecule is CCOC(=O)CSc1nc2scc(-c3ccc(C)cc3)c2c(=N)n1-c1ccccc1. The van der Waals surface area contributed by atoms with Crippen LogP contribution in [0.4, 0.5) is 0 Å². The molecule has 0 radical (unpaired) electrons. The zero-order valence-corrected chi connectivity index (χ0v) is 18.3. The van der Waals surface area contributed by atoms with E-state index in [1.54, 1.807) is 11.5 Å². The number of hydrogen-bond acceptors (Lipinski definition) is 6. The van der Waals surface area contributed by atoms with Gasteiger partial charge in [-0.05, 0) is 31.5 Å². The predicted molar refractivity (Wildman–Crippen MR) is 122 cm³/mol. The molecule has 0 aliphatic heterocycles. The van der Waals surface area contributed by atoms with Gasteiger partial charge >= 0.3 is 5.97 Å². The second-order valence-electron chi connectivity index (χ2n) is 6.70. The van der Waals surface area contributed by atoms with Crippen molar-refractivity contribution in [3.05, 3.63) is 71.0 Å². The summed E-state index contributed by atoms with van der Waals surface area (Å²) in [6.45, 7) is 4.19. The van der Waals surface area contributed by atoms with Gasteiger partial charge in [0.25, 0.3) is 0 Å². The lowest BCUT2D eigenvalue weighted by Crippen LogP contribution is -2.22. The average Bonchev–Trinajstić information content (AvgIpc) is 3.18. The summed E-state index contributed by atoms with van der Waals surface area (Å²) in [7, 11) is 0. The molecule has 2 heterocycles. The summed E-state index contributed by atoms with van der Waals surface area (Å²) in [6.07, 6.45) is 0. The monoisotopic (exact) mass is 435 g/mol. The number of para-hydroxylation sites is 1. The third kappa shape index (κ3) is 4.04. The van der Waals surface area contributed by atoms with Crippen LogP contribution in [0.5, 0.6) is 0 Å². The fourth-order valence-electron chi connectivity index (χ4n) is 3.19. The van der Waals surface area contributed by atoms with Crippen LogP contribution in [0, 0.1) is 12.3 Å². The first kappa shape index (κ1) is 20.4. The normalized spacial score (nSPS) is 11.0. The number of aromatic nitrogens is 2. The number of rotatable bonds is 6. The molecule has 5 nitrogen and oxygen atoms in total. The van der Waals surface area contributed by atoms with Gasteiger partial charge in [-0.3, -0.25) is 14.8 Å². The average molecular weight is 436 g/mol. The Kier molecular flexibility index (Phi) is 6.01. The number of aryl methyl sites for hydroxylation is 1. The van der Waals surface area contributed by atoms with E-state index in [9.17, 15) is 4.79 Å². The molecule has 4 aromatic rings. The van der Waals surface area contributed by atoms with Crippen molar-refractivity contribution in [1.29, 1.82) is 5.41 Å². The highest BCUT2D eigenvalue weighted by Crippen LogP contribution is 2.33. The highest BCUT2D eigenvalue weighted by molar-refractivity contribution is 7.99. The van der Waals surface area contributed by atoms with Crippen molar-refractivity contribution in [2.45, 2.75) is 19.0 Å². The molecule has 0 unspecified atom stereocenters. The molecule has 1 N–H and O–H groups in total. The number of nitrogens with one attached hydrogen (secondary N) is 1. The molecule has 0 aliphatic carbocycles. The van der Waals surface area contributed by atoms with Gasteiger partial charge in [0, 0.05) is 16.6 Å². The quantitative estimate of drug-likeness (QED) is 0.257. The van der Waals surface area contributed by atoms with Crippen molar-refractivity contribution in [2.75, 3.05) is 12.4 Å². The van der Waals surface area contributed by atoms with Crippen LogP contribution in [0.3, 0.4) is 0 Å². The largest absolute Gasteiger partial charge is 0.465 e. The van der Waals surface area contributed by atoms with Gasteiger partial charge in [0.2, 0.25) is 0 Å². The van der Waals surface area contributed by atoms with Gasteiger partial charge in [-0.2, -0.15) is 0 Å². The number of fused-ring (bicyclic) bond motifs is 1. The molecule has 0 saturated carbocycles. The topological polar surface area (TPSA) is 68.0 Å². The lowest BCUT2D eigenvalue weighted by atomic mass is 10.0. The number of carbonyl (C=O) groups is 1. The maximum absolute atomic E-state index is 11.9. The first-order valence-electron chi connectivity index (χ1n) is 9.58. The second-order valence-corrected chi connectivity index (χ2v) is 8.50. The van der Waals surface area contributed by atoms with E-state index in [1.165, 1.54) is 28.7 Å². The van der Waals surface area contributed by atoms with Gasteiger partial charge in [-0.15, -0.1) is 11.3 Å². The molecule has 2 aromatic heterocycles. The molecule has 0 saturated heterocycles. The zero-order valence-electron chi connectivity index (χ0n) is 16.7. The summed E-state index contributed by atoms with van der Waals surface area (Å²) in [5, 5.41) is 12.5. The summed E-state index contributed by atoms with van der Waals surface area (Å²) in [6, 6.07) is 18.0. The Bertz CT molecular complexity index is 1250. The highest BCUT2D eigenvalue weighted by atomic mass is 32.2. The van der Waals surface area contributed by atoms with Crippen LogP contribution in [0.15, 0.2) is 65.1 Å². The van der Waals surface area contributed by atoms with E-state index in [0.717, 1.165) is 27.0 Å². The van der Waals surface area contributed by atoms with Crippen molar-refractivity contribution >= 4 is 39.3 Å². The van der Waals surface area contributed by atoms with Gasteiger partial charge in [0.05, 0.1) is 17.7 Å². The Morgan fingerprint density at radius 2 is 1.90 bits per heavy atom. The first-order valence-corrected chi connectivity index (χ1v) is 11.4. The molecule has 0 amide bonds. The molecule has 0 fully saturated rings. The third-order valence-corrected chi connectivity index (χ3v) is 6.41. The number of hydrogen-bond donors (Lipinski definition) is 1. The number of ether oxygens (including phenoxy) is 1. The molecule has 30 heavy (non-hydrogen) atoms. The maximum Gasteiger partial charge on any atom is 0.316 e. The number of thioether (sulfide) groups is 1. The second kappa shape index (κ2) is 8.85. The molecule has 0 aliphatic rings. The van der Waals surface area contributed by atoms with Crippen molar-refractivity contribution in [1.82, 2.24) is 9.55 Å². The van der Waals surface area contributed by atoms with Gasteiger partial charge in [0.15, 0.2) is 5.16 Å². The molecule has 0 atom stereocenters. The molecule has 0 spiro atoms. The van der Waals surface area contributed by atoms with Crippen molar-refractivity contribution in [3.63, 3.8) is 0 Å². The predicted octanol–water partition coefficient (Wildman–Crippen LogP) is 5.20. The molecule has 7 heteroatoms. The van der Waals surface area contributed by atoms with Crippen LogP contribution >= 0.6 is 23.1 Å². The Morgan fingerprint density at radius 3 is 2.60 bits per heavy atom. The number of nitrogens with zero attached hydrogens (tertiary/aromatic N) is 2. The Labute approximate surface area is 182 Å². The van der Waals surface area contributed by atoms with E-state index >= 15 is 0 Å². The molecule has 0 bridgehead atoms. The van der Waals surface area contributed by atoms with Crippen molar-refractivity contribution < 1.29 is 9.53 Å².